The second-order valence-electron chi connectivity index (χ2n) is 8.48. The van der Waals surface area contributed by atoms with Crippen molar-refractivity contribution in [3.8, 4) is 11.3 Å². The number of anilines is 2. The van der Waals surface area contributed by atoms with Gasteiger partial charge in [0.15, 0.2) is 0 Å². The van der Waals surface area contributed by atoms with Gasteiger partial charge in [-0.3, -0.25) is 9.78 Å². The Bertz CT molecular complexity index is 1030. The molecule has 2 fully saturated rings. The molecule has 1 aliphatic heterocycles. The zero-order chi connectivity index (χ0) is 21.0. The highest BCUT2D eigenvalue weighted by Gasteiger charge is 2.34. The van der Waals surface area contributed by atoms with E-state index < -0.39 is 0 Å². The summed E-state index contributed by atoms with van der Waals surface area (Å²) in [4.78, 5) is 28.9. The number of carbonyl (C=O) groups is 1. The van der Waals surface area contributed by atoms with Crippen molar-refractivity contribution < 1.29 is 4.79 Å². The van der Waals surface area contributed by atoms with Crippen LogP contribution < -0.4 is 5.32 Å². The lowest BCUT2D eigenvalue weighted by Crippen LogP contribution is -2.33. The highest BCUT2D eigenvalue weighted by atomic mass is 16.2. The van der Waals surface area contributed by atoms with E-state index in [0.717, 1.165) is 54.4 Å². The predicted octanol–water partition coefficient (Wildman–Crippen LogP) is 4.79. The topological polar surface area (TPSA) is 71.0 Å². The first-order valence-electron chi connectivity index (χ1n) is 11.2. The van der Waals surface area contributed by atoms with Gasteiger partial charge in [0.25, 0.3) is 0 Å². The molecule has 0 radical (unpaired) electrons. The van der Waals surface area contributed by atoms with Gasteiger partial charge in [-0.2, -0.15) is 0 Å². The van der Waals surface area contributed by atoms with E-state index in [1.165, 1.54) is 12.8 Å². The van der Waals surface area contributed by atoms with Gasteiger partial charge in [-0.1, -0.05) is 31.0 Å². The summed E-state index contributed by atoms with van der Waals surface area (Å²) in [6, 6.07) is 15.9. The summed E-state index contributed by atoms with van der Waals surface area (Å²) < 4.78 is 0. The molecule has 5 rings (SSSR count). The van der Waals surface area contributed by atoms with Gasteiger partial charge in [-0.15, -0.1) is 0 Å². The Hall–Kier alpha value is -3.28. The summed E-state index contributed by atoms with van der Waals surface area (Å²) in [6.07, 6.45) is 8.92. The number of carbonyl (C=O) groups excluding carboxylic acids is 1. The van der Waals surface area contributed by atoms with Crippen molar-refractivity contribution in [3.05, 3.63) is 66.7 Å². The highest BCUT2D eigenvalue weighted by molar-refractivity contribution is 5.79. The lowest BCUT2D eigenvalue weighted by Gasteiger charge is -2.20. The van der Waals surface area contributed by atoms with Gasteiger partial charge in [0, 0.05) is 54.6 Å². The zero-order valence-electron chi connectivity index (χ0n) is 17.6. The van der Waals surface area contributed by atoms with Gasteiger partial charge >= 0.3 is 0 Å². The number of hydrogen-bond acceptors (Lipinski definition) is 5. The van der Waals surface area contributed by atoms with Crippen molar-refractivity contribution in [2.75, 3.05) is 18.4 Å². The maximum absolute atomic E-state index is 12.9. The van der Waals surface area contributed by atoms with E-state index in [4.69, 9.17) is 9.97 Å². The molecule has 6 nitrogen and oxygen atoms in total. The smallest absolute Gasteiger partial charge is 0.225 e. The molecule has 1 saturated heterocycles. The number of pyridine rings is 1. The summed E-state index contributed by atoms with van der Waals surface area (Å²) in [5, 5.41) is 3.40. The molecule has 2 aromatic heterocycles. The molecule has 1 amide bonds. The first-order valence-corrected chi connectivity index (χ1v) is 11.2. The van der Waals surface area contributed by atoms with Crippen LogP contribution in [0.25, 0.3) is 11.3 Å². The normalized spacial score (nSPS) is 19.0. The number of para-hydroxylation sites is 1. The fourth-order valence-corrected chi connectivity index (χ4v) is 4.65. The van der Waals surface area contributed by atoms with Crippen LogP contribution in [-0.2, 0) is 4.79 Å². The second-order valence-corrected chi connectivity index (χ2v) is 8.48. The zero-order valence-corrected chi connectivity index (χ0v) is 17.6. The van der Waals surface area contributed by atoms with E-state index in [2.05, 4.69) is 10.3 Å². The third-order valence-electron chi connectivity index (χ3n) is 6.32. The van der Waals surface area contributed by atoms with Crippen LogP contribution in [0.2, 0.25) is 0 Å². The van der Waals surface area contributed by atoms with Gasteiger partial charge in [0.05, 0.1) is 5.69 Å². The molecule has 3 heterocycles. The Balaban J connectivity index is 1.42. The average Bonchev–Trinajstić information content (AvgIpc) is 3.52. The minimum absolute atomic E-state index is 0.151. The van der Waals surface area contributed by atoms with E-state index >= 15 is 0 Å². The summed E-state index contributed by atoms with van der Waals surface area (Å²) in [6.45, 7) is 1.50. The molecule has 2 aliphatic rings. The Morgan fingerprint density at radius 3 is 2.61 bits per heavy atom. The number of rotatable bonds is 5. The van der Waals surface area contributed by atoms with E-state index in [9.17, 15) is 4.79 Å². The number of nitrogens with zero attached hydrogens (tertiary/aromatic N) is 4. The van der Waals surface area contributed by atoms with Gasteiger partial charge in [-0.05, 0) is 43.5 Å². The van der Waals surface area contributed by atoms with Crippen LogP contribution in [0.3, 0.4) is 0 Å². The SMILES string of the molecule is O=C(C1CCCC1)N1CCC(c2nc(Nc3ccccc3)cc(-c3cccnc3)n2)C1. The molecule has 31 heavy (non-hydrogen) atoms. The molecule has 1 unspecified atom stereocenters. The minimum atomic E-state index is 0.151. The fraction of sp³-hybridized carbons (Fsp3) is 0.360. The maximum atomic E-state index is 12.9. The van der Waals surface area contributed by atoms with Crippen molar-refractivity contribution in [2.45, 2.75) is 38.0 Å². The molecule has 6 heteroatoms. The third kappa shape index (κ3) is 4.43. The van der Waals surface area contributed by atoms with Gasteiger partial charge in [0.2, 0.25) is 5.91 Å². The molecule has 0 bridgehead atoms. The van der Waals surface area contributed by atoms with Crippen molar-refractivity contribution >= 4 is 17.4 Å². The van der Waals surface area contributed by atoms with E-state index in [1.54, 1.807) is 6.20 Å². The van der Waals surface area contributed by atoms with Crippen LogP contribution >= 0.6 is 0 Å². The summed E-state index contributed by atoms with van der Waals surface area (Å²) in [5.74, 6) is 2.25. The Morgan fingerprint density at radius 2 is 1.84 bits per heavy atom. The largest absolute Gasteiger partial charge is 0.342 e. The Labute approximate surface area is 182 Å². The number of likely N-dealkylation sites (tertiary alicyclic amines) is 1. The molecular weight excluding hydrogens is 386 g/mol. The summed E-state index contributed by atoms with van der Waals surface area (Å²) >= 11 is 0. The molecular formula is C25H27N5O. The molecule has 3 aromatic rings. The molecule has 1 saturated carbocycles. The molecule has 1 aromatic carbocycles. The Morgan fingerprint density at radius 1 is 1.00 bits per heavy atom. The van der Waals surface area contributed by atoms with Crippen LogP contribution in [0.5, 0.6) is 0 Å². The van der Waals surface area contributed by atoms with Crippen LogP contribution in [0.4, 0.5) is 11.5 Å². The molecule has 1 N–H and O–H groups in total. The maximum Gasteiger partial charge on any atom is 0.225 e. The summed E-state index contributed by atoms with van der Waals surface area (Å²) in [5.41, 5.74) is 2.78. The number of amides is 1. The van der Waals surface area contributed by atoms with E-state index in [-0.39, 0.29) is 11.8 Å². The number of benzene rings is 1. The highest BCUT2D eigenvalue weighted by Crippen LogP contribution is 2.32. The average molecular weight is 414 g/mol. The monoisotopic (exact) mass is 413 g/mol. The lowest BCUT2D eigenvalue weighted by atomic mass is 10.1. The van der Waals surface area contributed by atoms with Crippen LogP contribution in [0.1, 0.15) is 43.8 Å². The standard InChI is InChI=1S/C25H27N5O/c31-25(18-7-4-5-8-18)30-14-12-20(17-30)24-28-22(19-9-6-13-26-16-19)15-23(29-24)27-21-10-2-1-3-11-21/h1-3,6,9-11,13,15-16,18,20H,4-5,7-8,12,14,17H2,(H,27,28,29). The predicted molar refractivity (Wildman–Crippen MR) is 121 cm³/mol. The number of nitrogens with one attached hydrogen (secondary N) is 1. The first kappa shape index (κ1) is 19.7. The quantitative estimate of drug-likeness (QED) is 0.651. The van der Waals surface area contributed by atoms with Crippen molar-refractivity contribution in [1.82, 2.24) is 19.9 Å². The van der Waals surface area contributed by atoms with Gasteiger partial charge in [-0.25, -0.2) is 9.97 Å². The minimum Gasteiger partial charge on any atom is -0.342 e. The molecule has 158 valence electrons. The van der Waals surface area contributed by atoms with Crippen LogP contribution in [0.15, 0.2) is 60.9 Å². The second kappa shape index (κ2) is 8.84. The van der Waals surface area contributed by atoms with Crippen LogP contribution in [0, 0.1) is 5.92 Å². The molecule has 1 aliphatic carbocycles. The van der Waals surface area contributed by atoms with Crippen LogP contribution in [-0.4, -0.2) is 38.8 Å². The van der Waals surface area contributed by atoms with Crippen molar-refractivity contribution in [1.29, 1.82) is 0 Å². The first-order chi connectivity index (χ1) is 15.3. The third-order valence-corrected chi connectivity index (χ3v) is 6.32. The summed E-state index contributed by atoms with van der Waals surface area (Å²) in [7, 11) is 0. The molecule has 0 spiro atoms. The van der Waals surface area contributed by atoms with Gasteiger partial charge in [0.1, 0.15) is 11.6 Å². The van der Waals surface area contributed by atoms with E-state index in [0.29, 0.717) is 12.5 Å². The van der Waals surface area contributed by atoms with E-state index in [1.807, 2.05) is 59.6 Å². The number of aromatic nitrogens is 3. The van der Waals surface area contributed by atoms with Crippen molar-refractivity contribution in [2.24, 2.45) is 5.92 Å². The Kier molecular flexibility index (Phi) is 5.61. The van der Waals surface area contributed by atoms with Gasteiger partial charge < -0.3 is 10.2 Å². The fourth-order valence-electron chi connectivity index (χ4n) is 4.65. The molecule has 1 atom stereocenters. The van der Waals surface area contributed by atoms with Crippen molar-refractivity contribution in [3.63, 3.8) is 0 Å². The lowest BCUT2D eigenvalue weighted by molar-refractivity contribution is -0.134. The number of hydrogen-bond donors (Lipinski definition) is 1.